The molecule has 1 aliphatic carbocycles. The van der Waals surface area contributed by atoms with Gasteiger partial charge in [-0.3, -0.25) is 4.79 Å². The summed E-state index contributed by atoms with van der Waals surface area (Å²) in [4.78, 5) is 15.3. The highest BCUT2D eigenvalue weighted by Gasteiger charge is 2.36. The molecule has 0 aromatic carbocycles. The lowest BCUT2D eigenvalue weighted by atomic mass is 9.84. The van der Waals surface area contributed by atoms with Crippen molar-refractivity contribution in [2.75, 3.05) is 12.8 Å². The summed E-state index contributed by atoms with van der Waals surface area (Å²) in [6.45, 7) is 0.630. The predicted molar refractivity (Wildman–Crippen MR) is 66.6 cm³/mol. The van der Waals surface area contributed by atoms with Crippen LogP contribution in [0.4, 0.5) is 4.39 Å². The molecule has 0 spiro atoms. The number of nitrogens with one attached hydrogen (secondary N) is 1. The average Bonchev–Trinajstić information content (AvgIpc) is 2.28. The zero-order valence-electron chi connectivity index (χ0n) is 9.70. The number of hydrogen-bond acceptors (Lipinski definition) is 3. The topological polar surface area (TPSA) is 42.0 Å². The number of hydrogen-bond donors (Lipinski definition) is 1. The van der Waals surface area contributed by atoms with Crippen LogP contribution in [0.3, 0.4) is 0 Å². The zero-order valence-corrected chi connectivity index (χ0v) is 10.5. The van der Waals surface area contributed by atoms with E-state index in [-0.39, 0.29) is 16.3 Å². The average molecular weight is 254 g/mol. The molecule has 0 atom stereocenters. The van der Waals surface area contributed by atoms with Crippen LogP contribution >= 0.6 is 11.8 Å². The van der Waals surface area contributed by atoms with Crippen molar-refractivity contribution in [2.24, 2.45) is 0 Å². The van der Waals surface area contributed by atoms with E-state index in [0.29, 0.717) is 6.54 Å². The highest BCUT2D eigenvalue weighted by atomic mass is 32.2. The van der Waals surface area contributed by atoms with E-state index in [1.807, 2.05) is 0 Å². The van der Waals surface area contributed by atoms with E-state index in [2.05, 4.69) is 16.6 Å². The van der Waals surface area contributed by atoms with Gasteiger partial charge >= 0.3 is 0 Å². The zero-order chi connectivity index (χ0) is 12.3. The minimum Gasteiger partial charge on any atom is -0.349 e. The van der Waals surface area contributed by atoms with E-state index in [1.165, 1.54) is 24.6 Å². The maximum Gasteiger partial charge on any atom is 0.270 e. The molecule has 0 radical (unpaired) electrons. The minimum absolute atomic E-state index is 0.139. The SMILES string of the molecule is CSC1(CNC(=O)c2cccc(F)n2)CCC1. The largest absolute Gasteiger partial charge is 0.349 e. The van der Waals surface area contributed by atoms with Gasteiger partial charge in [0.2, 0.25) is 5.95 Å². The van der Waals surface area contributed by atoms with Crippen molar-refractivity contribution in [2.45, 2.75) is 24.0 Å². The Kier molecular flexibility index (Phi) is 3.66. The Morgan fingerprint density at radius 3 is 2.88 bits per heavy atom. The molecule has 1 aliphatic rings. The molecule has 3 nitrogen and oxygen atoms in total. The lowest BCUT2D eigenvalue weighted by molar-refractivity contribution is 0.0938. The molecular weight excluding hydrogens is 239 g/mol. The minimum atomic E-state index is -0.624. The second kappa shape index (κ2) is 5.04. The summed E-state index contributed by atoms with van der Waals surface area (Å²) in [5, 5.41) is 2.83. The molecule has 5 heteroatoms. The van der Waals surface area contributed by atoms with E-state index < -0.39 is 5.95 Å². The summed E-state index contributed by atoms with van der Waals surface area (Å²) in [5.74, 6) is -0.925. The number of carbonyl (C=O) groups excluding carboxylic acids is 1. The third-order valence-corrected chi connectivity index (χ3v) is 4.64. The van der Waals surface area contributed by atoms with Gasteiger partial charge in [0, 0.05) is 11.3 Å². The van der Waals surface area contributed by atoms with Crippen LogP contribution in [0.25, 0.3) is 0 Å². The first kappa shape index (κ1) is 12.4. The van der Waals surface area contributed by atoms with Gasteiger partial charge in [0.1, 0.15) is 5.69 Å². The Balaban J connectivity index is 1.93. The highest BCUT2D eigenvalue weighted by molar-refractivity contribution is 8.00. The number of halogens is 1. The van der Waals surface area contributed by atoms with Crippen LogP contribution in [0, 0.1) is 5.95 Å². The summed E-state index contributed by atoms with van der Waals surface area (Å²) in [6, 6.07) is 4.24. The third-order valence-electron chi connectivity index (χ3n) is 3.22. The molecule has 1 fully saturated rings. The number of rotatable bonds is 4. The molecule has 1 aromatic heterocycles. The Hall–Kier alpha value is -1.10. The molecule has 1 heterocycles. The fourth-order valence-corrected chi connectivity index (χ4v) is 2.80. The molecule has 0 bridgehead atoms. The molecule has 0 aliphatic heterocycles. The van der Waals surface area contributed by atoms with Crippen LogP contribution in [0.2, 0.25) is 0 Å². The molecule has 1 aromatic rings. The smallest absolute Gasteiger partial charge is 0.270 e. The number of nitrogens with zero attached hydrogens (tertiary/aromatic N) is 1. The predicted octanol–water partition coefficient (Wildman–Crippen LogP) is 2.24. The molecule has 0 unspecified atom stereocenters. The van der Waals surface area contributed by atoms with Crippen LogP contribution in [0.15, 0.2) is 18.2 Å². The van der Waals surface area contributed by atoms with Gasteiger partial charge in [-0.2, -0.15) is 16.2 Å². The van der Waals surface area contributed by atoms with Crippen molar-refractivity contribution in [1.82, 2.24) is 10.3 Å². The lowest BCUT2D eigenvalue weighted by Gasteiger charge is -2.40. The first-order valence-electron chi connectivity index (χ1n) is 5.61. The maximum atomic E-state index is 12.9. The first-order chi connectivity index (χ1) is 8.15. The molecule has 0 saturated heterocycles. The molecule has 1 amide bonds. The van der Waals surface area contributed by atoms with Crippen molar-refractivity contribution >= 4 is 17.7 Å². The summed E-state index contributed by atoms with van der Waals surface area (Å²) in [5.41, 5.74) is 0.139. The summed E-state index contributed by atoms with van der Waals surface area (Å²) in [7, 11) is 0. The Morgan fingerprint density at radius 1 is 1.59 bits per heavy atom. The van der Waals surface area contributed by atoms with Gasteiger partial charge in [0.15, 0.2) is 0 Å². The summed E-state index contributed by atoms with van der Waals surface area (Å²) >= 11 is 1.79. The summed E-state index contributed by atoms with van der Waals surface area (Å²) < 4.78 is 13.0. The first-order valence-corrected chi connectivity index (χ1v) is 6.84. The van der Waals surface area contributed by atoms with Gasteiger partial charge < -0.3 is 5.32 Å². The number of carbonyl (C=O) groups is 1. The highest BCUT2D eigenvalue weighted by Crippen LogP contribution is 2.42. The molecule has 1 N–H and O–H groups in total. The molecule has 2 rings (SSSR count). The Morgan fingerprint density at radius 2 is 2.35 bits per heavy atom. The Labute approximate surface area is 104 Å². The van der Waals surface area contributed by atoms with E-state index in [0.717, 1.165) is 12.8 Å². The van der Waals surface area contributed by atoms with E-state index in [9.17, 15) is 9.18 Å². The summed E-state index contributed by atoms with van der Waals surface area (Å²) in [6.07, 6.45) is 5.54. The number of thioether (sulfide) groups is 1. The van der Waals surface area contributed by atoms with E-state index in [4.69, 9.17) is 0 Å². The van der Waals surface area contributed by atoms with Crippen LogP contribution in [0.5, 0.6) is 0 Å². The molecular formula is C12H15FN2OS. The van der Waals surface area contributed by atoms with Gasteiger partial charge in [-0.15, -0.1) is 0 Å². The third kappa shape index (κ3) is 2.77. The molecule has 92 valence electrons. The second-order valence-corrected chi connectivity index (χ2v) is 5.54. The maximum absolute atomic E-state index is 12.9. The van der Waals surface area contributed by atoms with E-state index >= 15 is 0 Å². The van der Waals surface area contributed by atoms with Gasteiger partial charge in [-0.25, -0.2) is 4.98 Å². The monoisotopic (exact) mass is 254 g/mol. The van der Waals surface area contributed by atoms with Crippen molar-refractivity contribution in [3.05, 3.63) is 29.8 Å². The van der Waals surface area contributed by atoms with Gasteiger partial charge in [0.05, 0.1) is 0 Å². The van der Waals surface area contributed by atoms with Gasteiger partial charge in [0.25, 0.3) is 5.91 Å². The molecule has 17 heavy (non-hydrogen) atoms. The fraction of sp³-hybridized carbons (Fsp3) is 0.500. The van der Waals surface area contributed by atoms with Gasteiger partial charge in [-0.1, -0.05) is 12.5 Å². The van der Waals surface area contributed by atoms with Crippen molar-refractivity contribution in [3.63, 3.8) is 0 Å². The Bertz CT molecular complexity index is 415. The quantitative estimate of drug-likeness (QED) is 0.838. The fourth-order valence-electron chi connectivity index (χ4n) is 1.89. The van der Waals surface area contributed by atoms with E-state index in [1.54, 1.807) is 11.8 Å². The van der Waals surface area contributed by atoms with Gasteiger partial charge in [-0.05, 0) is 31.2 Å². The van der Waals surface area contributed by atoms with Crippen molar-refractivity contribution < 1.29 is 9.18 Å². The van der Waals surface area contributed by atoms with Crippen LogP contribution in [-0.2, 0) is 0 Å². The van der Waals surface area contributed by atoms with Crippen LogP contribution in [0.1, 0.15) is 29.8 Å². The normalized spacial score (nSPS) is 17.3. The lowest BCUT2D eigenvalue weighted by Crippen LogP contribution is -2.45. The second-order valence-electron chi connectivity index (χ2n) is 4.27. The molecule has 1 saturated carbocycles. The van der Waals surface area contributed by atoms with Crippen molar-refractivity contribution in [1.29, 1.82) is 0 Å². The van der Waals surface area contributed by atoms with Crippen molar-refractivity contribution in [3.8, 4) is 0 Å². The van der Waals surface area contributed by atoms with Crippen LogP contribution < -0.4 is 5.32 Å². The number of amides is 1. The number of pyridine rings is 1. The standard InChI is InChI=1S/C12H15FN2OS/c1-17-12(6-3-7-12)8-14-11(16)9-4-2-5-10(13)15-9/h2,4-5H,3,6-8H2,1H3,(H,14,16). The van der Waals surface area contributed by atoms with Crippen LogP contribution in [-0.4, -0.2) is 28.4 Å². The number of aromatic nitrogens is 1.